The molecule has 0 unspecified atom stereocenters. The van der Waals surface area contributed by atoms with E-state index in [1.54, 1.807) is 30.3 Å². The standard InChI is InChI=1S/C12H14O4S.C11H11BrO4/c1-8(13)16-11-5-4-9(6-12(11)15-2)10(14)7-17-3;1-7(13)16-10-4-3-8(9(14)6-12)5-11(10)15-2/h4-6H,7H2,1-3H3;3-5H,6H2,1-2H3. The third-order valence-electron chi connectivity index (χ3n) is 3.88. The number of methoxy groups -OCH3 is 2. The number of alkyl halides is 1. The van der Waals surface area contributed by atoms with Crippen molar-refractivity contribution in [3.8, 4) is 23.0 Å². The van der Waals surface area contributed by atoms with Crippen LogP contribution in [-0.2, 0) is 9.59 Å². The number of esters is 2. The highest BCUT2D eigenvalue weighted by atomic mass is 79.9. The van der Waals surface area contributed by atoms with Gasteiger partial charge < -0.3 is 18.9 Å². The lowest BCUT2D eigenvalue weighted by Gasteiger charge is -2.09. The molecule has 0 aromatic heterocycles. The fourth-order valence-corrected chi connectivity index (χ4v) is 3.20. The molecule has 0 saturated carbocycles. The Hall–Kier alpha value is -2.85. The summed E-state index contributed by atoms with van der Waals surface area (Å²) in [7, 11) is 2.91. The average molecular weight is 541 g/mol. The first-order valence-electron chi connectivity index (χ1n) is 9.51. The Bertz CT molecular complexity index is 1010. The monoisotopic (exact) mass is 540 g/mol. The van der Waals surface area contributed by atoms with Crippen molar-refractivity contribution in [2.24, 2.45) is 0 Å². The van der Waals surface area contributed by atoms with Crippen molar-refractivity contribution >= 4 is 51.2 Å². The van der Waals surface area contributed by atoms with E-state index in [2.05, 4.69) is 15.9 Å². The number of carbonyl (C=O) groups excluding carboxylic acids is 4. The quantitative estimate of drug-likeness (QED) is 0.198. The molecule has 0 bridgehead atoms. The summed E-state index contributed by atoms with van der Waals surface area (Å²) in [4.78, 5) is 44.7. The third kappa shape index (κ3) is 9.27. The van der Waals surface area contributed by atoms with Crippen LogP contribution in [0.2, 0.25) is 0 Å². The largest absolute Gasteiger partial charge is 0.493 e. The van der Waals surface area contributed by atoms with E-state index in [1.165, 1.54) is 45.9 Å². The number of ketones is 2. The number of halogens is 1. The highest BCUT2D eigenvalue weighted by Crippen LogP contribution is 2.29. The lowest BCUT2D eigenvalue weighted by atomic mass is 10.1. The molecule has 0 saturated heterocycles. The van der Waals surface area contributed by atoms with Crippen LogP contribution in [0.1, 0.15) is 34.6 Å². The summed E-state index contributed by atoms with van der Waals surface area (Å²) in [5.41, 5.74) is 1.05. The summed E-state index contributed by atoms with van der Waals surface area (Å²) < 4.78 is 20.0. The maximum absolute atomic E-state index is 11.7. The van der Waals surface area contributed by atoms with Crippen molar-refractivity contribution in [1.29, 1.82) is 0 Å². The zero-order valence-corrected chi connectivity index (χ0v) is 21.3. The van der Waals surface area contributed by atoms with Gasteiger partial charge in [-0.3, -0.25) is 19.2 Å². The van der Waals surface area contributed by atoms with Crippen molar-refractivity contribution < 1.29 is 38.1 Å². The van der Waals surface area contributed by atoms with E-state index in [9.17, 15) is 19.2 Å². The van der Waals surface area contributed by atoms with E-state index in [0.29, 0.717) is 39.9 Å². The van der Waals surface area contributed by atoms with Crippen molar-refractivity contribution in [3.05, 3.63) is 47.5 Å². The fourth-order valence-electron chi connectivity index (χ4n) is 2.45. The average Bonchev–Trinajstić information content (AvgIpc) is 2.78. The number of Topliss-reactive ketones (excluding diaryl/α,β-unsaturated/α-hetero) is 2. The Morgan fingerprint density at radius 2 is 1.18 bits per heavy atom. The second-order valence-electron chi connectivity index (χ2n) is 6.33. The number of benzene rings is 2. The first-order valence-corrected chi connectivity index (χ1v) is 12.0. The van der Waals surface area contributed by atoms with E-state index in [1.807, 2.05) is 6.26 Å². The molecule has 33 heavy (non-hydrogen) atoms. The van der Waals surface area contributed by atoms with Gasteiger partial charge >= 0.3 is 11.9 Å². The van der Waals surface area contributed by atoms with Gasteiger partial charge in [-0.25, -0.2) is 0 Å². The van der Waals surface area contributed by atoms with Gasteiger partial charge in [0.1, 0.15) is 0 Å². The second kappa shape index (κ2) is 14.3. The first kappa shape index (κ1) is 28.2. The van der Waals surface area contributed by atoms with Crippen molar-refractivity contribution in [2.45, 2.75) is 13.8 Å². The lowest BCUT2D eigenvalue weighted by Crippen LogP contribution is -2.06. The molecule has 0 heterocycles. The van der Waals surface area contributed by atoms with Crippen molar-refractivity contribution in [2.75, 3.05) is 31.6 Å². The molecule has 0 aliphatic carbocycles. The molecule has 8 nitrogen and oxygen atoms in total. The number of carbonyl (C=O) groups is 4. The van der Waals surface area contributed by atoms with Gasteiger partial charge in [-0.05, 0) is 42.7 Å². The van der Waals surface area contributed by atoms with Crippen LogP contribution in [0.25, 0.3) is 0 Å². The predicted octanol–water partition coefficient (Wildman–Crippen LogP) is 4.36. The molecule has 0 fully saturated rings. The van der Waals surface area contributed by atoms with Gasteiger partial charge in [-0.1, -0.05) is 15.9 Å². The van der Waals surface area contributed by atoms with Crippen LogP contribution in [0.4, 0.5) is 0 Å². The van der Waals surface area contributed by atoms with E-state index in [-0.39, 0.29) is 16.9 Å². The van der Waals surface area contributed by atoms with Gasteiger partial charge in [0.05, 0.1) is 25.3 Å². The van der Waals surface area contributed by atoms with Crippen LogP contribution in [-0.4, -0.2) is 55.1 Å². The molecule has 0 amide bonds. The fraction of sp³-hybridized carbons (Fsp3) is 0.304. The molecule has 2 aromatic carbocycles. The number of hydrogen-bond donors (Lipinski definition) is 0. The summed E-state index contributed by atoms with van der Waals surface area (Å²) in [6, 6.07) is 9.44. The maximum Gasteiger partial charge on any atom is 0.308 e. The molecule has 0 atom stereocenters. The number of thioether (sulfide) groups is 1. The van der Waals surface area contributed by atoms with Crippen LogP contribution in [0.3, 0.4) is 0 Å². The van der Waals surface area contributed by atoms with Crippen LogP contribution in [0, 0.1) is 0 Å². The third-order valence-corrected chi connectivity index (χ3v) is 4.94. The summed E-state index contributed by atoms with van der Waals surface area (Å²) in [6.07, 6.45) is 1.86. The number of hydrogen-bond acceptors (Lipinski definition) is 9. The van der Waals surface area contributed by atoms with Gasteiger partial charge in [-0.2, -0.15) is 11.8 Å². The van der Waals surface area contributed by atoms with Gasteiger partial charge in [0.15, 0.2) is 34.6 Å². The molecule has 178 valence electrons. The number of ether oxygens (including phenoxy) is 4. The smallest absolute Gasteiger partial charge is 0.308 e. The molecular formula is C23H25BrO8S. The van der Waals surface area contributed by atoms with Crippen molar-refractivity contribution in [3.63, 3.8) is 0 Å². The predicted molar refractivity (Wildman–Crippen MR) is 129 cm³/mol. The molecule has 2 aromatic rings. The van der Waals surface area contributed by atoms with E-state index >= 15 is 0 Å². The van der Waals surface area contributed by atoms with Crippen LogP contribution in [0.15, 0.2) is 36.4 Å². The molecule has 10 heteroatoms. The zero-order chi connectivity index (χ0) is 25.0. The molecular weight excluding hydrogens is 516 g/mol. The molecule has 0 spiro atoms. The Kier molecular flexibility index (Phi) is 12.2. The molecule has 0 aliphatic heterocycles. The summed E-state index contributed by atoms with van der Waals surface area (Å²) >= 11 is 4.54. The minimum atomic E-state index is -0.433. The Morgan fingerprint density at radius 3 is 1.52 bits per heavy atom. The minimum absolute atomic E-state index is 0.0187. The zero-order valence-electron chi connectivity index (χ0n) is 18.9. The molecule has 0 N–H and O–H groups in total. The van der Waals surface area contributed by atoms with Crippen LogP contribution < -0.4 is 18.9 Å². The normalized spacial score (nSPS) is 9.76. The highest BCUT2D eigenvalue weighted by molar-refractivity contribution is 9.09. The maximum atomic E-state index is 11.7. The van der Waals surface area contributed by atoms with Crippen LogP contribution in [0.5, 0.6) is 23.0 Å². The number of rotatable bonds is 9. The van der Waals surface area contributed by atoms with E-state index in [0.717, 1.165) is 0 Å². The topological polar surface area (TPSA) is 105 Å². The van der Waals surface area contributed by atoms with E-state index in [4.69, 9.17) is 18.9 Å². The molecule has 0 aliphatic rings. The Balaban J connectivity index is 0.000000331. The van der Waals surface area contributed by atoms with Crippen molar-refractivity contribution in [1.82, 2.24) is 0 Å². The SMILES string of the molecule is COc1cc(C(=O)CBr)ccc1OC(C)=O.COc1cc(C(=O)CSC)ccc1OC(C)=O. The molecule has 2 rings (SSSR count). The van der Waals surface area contributed by atoms with E-state index < -0.39 is 11.9 Å². The Morgan fingerprint density at radius 1 is 0.758 bits per heavy atom. The molecule has 0 radical (unpaired) electrons. The Labute approximate surface area is 205 Å². The second-order valence-corrected chi connectivity index (χ2v) is 7.76. The summed E-state index contributed by atoms with van der Waals surface area (Å²) in [6.45, 7) is 2.61. The minimum Gasteiger partial charge on any atom is -0.493 e. The first-order chi connectivity index (χ1) is 15.7. The van der Waals surface area contributed by atoms with Gasteiger partial charge in [-0.15, -0.1) is 0 Å². The van der Waals surface area contributed by atoms with Gasteiger partial charge in [0.25, 0.3) is 0 Å². The summed E-state index contributed by atoms with van der Waals surface area (Å²) in [5.74, 6) is 0.883. The summed E-state index contributed by atoms with van der Waals surface area (Å²) in [5, 5.41) is 0.239. The van der Waals surface area contributed by atoms with Gasteiger partial charge in [0.2, 0.25) is 0 Å². The van der Waals surface area contributed by atoms with Crippen LogP contribution >= 0.6 is 27.7 Å². The highest BCUT2D eigenvalue weighted by Gasteiger charge is 2.12. The van der Waals surface area contributed by atoms with Gasteiger partial charge in [0, 0.05) is 25.0 Å². The lowest BCUT2D eigenvalue weighted by molar-refractivity contribution is -0.132.